The number of carbonyl (C=O) groups excluding carboxylic acids is 2. The number of para-hydroxylation sites is 2. The smallest absolute Gasteiger partial charge is 0.311 e. The van der Waals surface area contributed by atoms with Crippen LogP contribution in [0.15, 0.2) is 131 Å². The molecule has 0 radical (unpaired) electrons. The maximum absolute atomic E-state index is 14.3. The summed E-state index contributed by atoms with van der Waals surface area (Å²) in [6.45, 7) is 0. The van der Waals surface area contributed by atoms with Crippen LogP contribution in [0.3, 0.4) is 0 Å². The van der Waals surface area contributed by atoms with E-state index >= 15 is 0 Å². The Bertz CT molecular complexity index is 3030. The van der Waals surface area contributed by atoms with E-state index in [-0.39, 0.29) is 35.9 Å². The molecule has 0 aliphatic heterocycles. The molecule has 260 valence electrons. The van der Waals surface area contributed by atoms with Crippen molar-refractivity contribution in [1.29, 1.82) is 0 Å². The number of nitrogens with zero attached hydrogens (tertiary/aromatic N) is 4. The fourth-order valence-electron chi connectivity index (χ4n) is 7.63. The second kappa shape index (κ2) is 12.2. The molecular weight excluding hydrogens is 681 g/mol. The van der Waals surface area contributed by atoms with Crippen LogP contribution in [-0.4, -0.2) is 30.7 Å². The zero-order chi connectivity index (χ0) is 36.5. The van der Waals surface area contributed by atoms with Gasteiger partial charge >= 0.3 is 11.9 Å². The number of benzene rings is 6. The van der Waals surface area contributed by atoms with E-state index in [0.717, 1.165) is 21.9 Å². The summed E-state index contributed by atoms with van der Waals surface area (Å²) in [7, 11) is 0. The Labute approximate surface area is 305 Å². The number of pyridine rings is 2. The van der Waals surface area contributed by atoms with Crippen molar-refractivity contribution < 1.29 is 19.1 Å². The molecule has 0 fully saturated rings. The van der Waals surface area contributed by atoms with Gasteiger partial charge in [-0.15, -0.1) is 0 Å². The van der Waals surface area contributed by atoms with Gasteiger partial charge in [0.15, 0.2) is 0 Å². The zero-order valence-corrected chi connectivity index (χ0v) is 28.6. The number of aryl methyl sites for hydroxylation is 2. The molecule has 0 aliphatic carbocycles. The summed E-state index contributed by atoms with van der Waals surface area (Å²) >= 11 is 0. The topological polar surface area (TPSA) is 121 Å². The molecule has 4 heterocycles. The number of aromatic nitrogens is 4. The van der Waals surface area contributed by atoms with Gasteiger partial charge in [0.2, 0.25) is 0 Å². The Balaban J connectivity index is 1.04. The molecule has 0 saturated carbocycles. The molecule has 10 aromatic rings. The quantitative estimate of drug-likeness (QED) is 0.0909. The summed E-state index contributed by atoms with van der Waals surface area (Å²) in [5, 5.41) is 3.78. The highest BCUT2D eigenvalue weighted by atomic mass is 16.5. The van der Waals surface area contributed by atoms with Crippen molar-refractivity contribution in [2.24, 2.45) is 0 Å². The number of rotatable bonds is 8. The SMILES string of the molecule is O=C(CCc1ccc2nc3c4ccc5c6c(ccc(c(=O)n3c2c1)c46)c(=O)n1c2cc(CCC(=O)Oc3ccccc3)ccc2nc51)Oc1ccccc1. The van der Waals surface area contributed by atoms with Crippen LogP contribution in [0.5, 0.6) is 11.5 Å². The third kappa shape index (κ3) is 5.02. The molecule has 0 N–H and O–H groups in total. The minimum Gasteiger partial charge on any atom is -0.427 e. The molecule has 10 heteroatoms. The van der Waals surface area contributed by atoms with Crippen molar-refractivity contribution in [1.82, 2.24) is 18.8 Å². The van der Waals surface area contributed by atoms with Crippen LogP contribution in [0.4, 0.5) is 0 Å². The van der Waals surface area contributed by atoms with Crippen LogP contribution in [0.1, 0.15) is 24.0 Å². The number of hydrogen-bond donors (Lipinski definition) is 0. The lowest BCUT2D eigenvalue weighted by Crippen LogP contribution is -2.16. The third-order valence-electron chi connectivity index (χ3n) is 10.1. The first-order valence-electron chi connectivity index (χ1n) is 17.7. The van der Waals surface area contributed by atoms with Gasteiger partial charge in [0.1, 0.15) is 22.8 Å². The normalized spacial score (nSPS) is 11.9. The summed E-state index contributed by atoms with van der Waals surface area (Å²) in [4.78, 5) is 63.5. The van der Waals surface area contributed by atoms with Crippen LogP contribution in [0.25, 0.3) is 65.7 Å². The Kier molecular flexibility index (Phi) is 7.12. The maximum Gasteiger partial charge on any atom is 0.311 e. The second-order valence-corrected chi connectivity index (χ2v) is 13.4. The monoisotopic (exact) mass is 708 g/mol. The predicted molar refractivity (Wildman–Crippen MR) is 207 cm³/mol. The Morgan fingerprint density at radius 1 is 0.500 bits per heavy atom. The van der Waals surface area contributed by atoms with E-state index in [1.807, 2.05) is 84.9 Å². The van der Waals surface area contributed by atoms with Crippen molar-refractivity contribution in [3.05, 3.63) is 153 Å². The van der Waals surface area contributed by atoms with Gasteiger partial charge in [-0.2, -0.15) is 0 Å². The number of ether oxygens (including phenoxy) is 2. The summed E-state index contributed by atoms with van der Waals surface area (Å²) < 4.78 is 14.1. The highest BCUT2D eigenvalue weighted by Crippen LogP contribution is 2.37. The molecule has 0 saturated heterocycles. The standard InChI is InChI=1S/C44H28N4O6/c49-37(53-27-7-3-1-4-8-27)21-13-25-11-19-33-35(23-25)47-41(45-33)29-15-16-30-40-32(18-17-31(39(29)40)43(47)51)44(52)48-36-24-26(12-20-34(36)46-42(30)48)14-22-38(50)54-28-9-5-2-6-10-28/h1-12,15-20,23-24H,13-14,21-22H2. The molecular formula is C44H28N4O6. The van der Waals surface area contributed by atoms with Crippen LogP contribution in [-0.2, 0) is 22.4 Å². The lowest BCUT2D eigenvalue weighted by Gasteiger charge is -2.12. The molecule has 0 amide bonds. The molecule has 0 aliphatic rings. The van der Waals surface area contributed by atoms with Gasteiger partial charge < -0.3 is 9.47 Å². The van der Waals surface area contributed by atoms with Gasteiger partial charge in [-0.05, 0) is 96.8 Å². The van der Waals surface area contributed by atoms with Crippen LogP contribution >= 0.6 is 0 Å². The summed E-state index contributed by atoms with van der Waals surface area (Å²) in [5.41, 5.74) is 4.83. The van der Waals surface area contributed by atoms with Gasteiger partial charge in [0, 0.05) is 45.2 Å². The van der Waals surface area contributed by atoms with Crippen molar-refractivity contribution in [3.8, 4) is 11.5 Å². The molecule has 10 rings (SSSR count). The number of carbonyl (C=O) groups is 2. The molecule has 10 nitrogen and oxygen atoms in total. The Hall–Kier alpha value is -7.20. The number of esters is 2. The number of fused-ring (bicyclic) bond motifs is 8. The molecule has 0 spiro atoms. The molecule has 0 bridgehead atoms. The Morgan fingerprint density at radius 2 is 0.907 bits per heavy atom. The number of hydrogen-bond acceptors (Lipinski definition) is 8. The highest BCUT2D eigenvalue weighted by Gasteiger charge is 2.23. The fourth-order valence-corrected chi connectivity index (χ4v) is 7.63. The highest BCUT2D eigenvalue weighted by molar-refractivity contribution is 6.27. The van der Waals surface area contributed by atoms with E-state index in [2.05, 4.69) is 0 Å². The minimum absolute atomic E-state index is 0.173. The van der Waals surface area contributed by atoms with Crippen molar-refractivity contribution in [2.45, 2.75) is 25.7 Å². The summed E-state index contributed by atoms with van der Waals surface area (Å²) in [6, 6.07) is 36.6. The van der Waals surface area contributed by atoms with Gasteiger partial charge in [-0.25, -0.2) is 9.97 Å². The largest absolute Gasteiger partial charge is 0.427 e. The van der Waals surface area contributed by atoms with E-state index in [9.17, 15) is 19.2 Å². The Morgan fingerprint density at radius 3 is 1.33 bits per heavy atom. The summed E-state index contributed by atoms with van der Waals surface area (Å²) in [6.07, 6.45) is 1.21. The zero-order valence-electron chi connectivity index (χ0n) is 28.6. The predicted octanol–water partition coefficient (Wildman–Crippen LogP) is 7.42. The van der Waals surface area contributed by atoms with E-state index in [1.165, 1.54) is 0 Å². The van der Waals surface area contributed by atoms with Gasteiger partial charge in [0.05, 0.1) is 22.1 Å². The van der Waals surface area contributed by atoms with Crippen molar-refractivity contribution >= 4 is 77.6 Å². The first-order valence-corrected chi connectivity index (χ1v) is 17.7. The average Bonchev–Trinajstić information content (AvgIpc) is 3.77. The van der Waals surface area contributed by atoms with E-state index in [4.69, 9.17) is 19.4 Å². The lowest BCUT2D eigenvalue weighted by molar-refractivity contribution is -0.135. The van der Waals surface area contributed by atoms with Gasteiger partial charge in [-0.1, -0.05) is 48.5 Å². The minimum atomic E-state index is -0.342. The number of imidazole rings is 2. The van der Waals surface area contributed by atoms with Crippen LogP contribution in [0.2, 0.25) is 0 Å². The van der Waals surface area contributed by atoms with Gasteiger partial charge in [-0.3, -0.25) is 28.0 Å². The molecule has 4 aromatic heterocycles. The van der Waals surface area contributed by atoms with Crippen molar-refractivity contribution in [2.75, 3.05) is 0 Å². The van der Waals surface area contributed by atoms with Crippen molar-refractivity contribution in [3.63, 3.8) is 0 Å². The second-order valence-electron chi connectivity index (χ2n) is 13.4. The van der Waals surface area contributed by atoms with E-state index in [1.54, 1.807) is 45.2 Å². The fraction of sp³-hybridized carbons (Fsp3) is 0.0909. The third-order valence-corrected chi connectivity index (χ3v) is 10.1. The lowest BCUT2D eigenvalue weighted by atomic mass is 9.96. The van der Waals surface area contributed by atoms with E-state index < -0.39 is 0 Å². The van der Waals surface area contributed by atoms with Gasteiger partial charge in [0.25, 0.3) is 11.1 Å². The summed E-state index contributed by atoms with van der Waals surface area (Å²) in [5.74, 6) is 0.309. The maximum atomic E-state index is 14.3. The van der Waals surface area contributed by atoms with Crippen LogP contribution in [0, 0.1) is 0 Å². The molecule has 6 aromatic carbocycles. The average molecular weight is 709 g/mol. The molecule has 0 atom stereocenters. The van der Waals surface area contributed by atoms with E-state index in [0.29, 0.717) is 79.2 Å². The first-order chi connectivity index (χ1) is 26.4. The first kappa shape index (κ1) is 31.5. The van der Waals surface area contributed by atoms with Crippen LogP contribution < -0.4 is 20.6 Å². The molecule has 0 unspecified atom stereocenters. The molecule has 54 heavy (non-hydrogen) atoms.